The zero-order valence-corrected chi connectivity index (χ0v) is 19.8. The molecule has 174 valence electrons. The molecular formula is C24H33N3O4S. The molecule has 0 atom stereocenters. The molecule has 8 heteroatoms. The molecule has 1 aromatic heterocycles. The van der Waals surface area contributed by atoms with Gasteiger partial charge in [-0.1, -0.05) is 19.3 Å². The van der Waals surface area contributed by atoms with Crippen LogP contribution < -0.4 is 14.8 Å². The molecule has 7 nitrogen and oxygen atoms in total. The number of carbonyl (C=O) groups is 1. The lowest BCUT2D eigenvalue weighted by Gasteiger charge is -2.48. The molecule has 0 bridgehead atoms. The number of carbonyl (C=O) groups excluding carboxylic acids is 1. The second-order valence-electron chi connectivity index (χ2n) is 8.55. The summed E-state index contributed by atoms with van der Waals surface area (Å²) in [7, 11) is 3.24. The van der Waals surface area contributed by atoms with Crippen LogP contribution in [0, 0.1) is 0 Å². The molecule has 1 saturated heterocycles. The predicted octanol–water partition coefficient (Wildman–Crippen LogP) is 3.52. The lowest BCUT2D eigenvalue weighted by Crippen LogP contribution is -2.59. The molecule has 2 heterocycles. The fourth-order valence-corrected chi connectivity index (χ4v) is 5.65. The van der Waals surface area contributed by atoms with Gasteiger partial charge in [-0.3, -0.25) is 9.69 Å². The molecule has 1 saturated carbocycles. The van der Waals surface area contributed by atoms with Crippen molar-refractivity contribution in [3.63, 3.8) is 0 Å². The van der Waals surface area contributed by atoms with Gasteiger partial charge in [0.1, 0.15) is 5.01 Å². The smallest absolute Gasteiger partial charge is 0.226 e. The second kappa shape index (κ2) is 10.6. The SMILES string of the molecule is COc1ccc(-c2nc(CC(=O)NCC3(N4CCOCC4)CCCCC3)cs2)cc1OC. The minimum atomic E-state index is 0.0346. The molecule has 1 aliphatic carbocycles. The van der Waals surface area contributed by atoms with Crippen LogP contribution in [0.3, 0.4) is 0 Å². The summed E-state index contributed by atoms with van der Waals surface area (Å²) in [6.45, 7) is 4.19. The molecule has 1 aromatic carbocycles. The van der Waals surface area contributed by atoms with Gasteiger partial charge in [-0.05, 0) is 31.0 Å². The van der Waals surface area contributed by atoms with Crippen LogP contribution in [0.4, 0.5) is 0 Å². The summed E-state index contributed by atoms with van der Waals surface area (Å²) < 4.78 is 16.3. The molecule has 2 aliphatic rings. The number of thiazole rings is 1. The number of methoxy groups -OCH3 is 2. The van der Waals surface area contributed by atoms with Crippen LogP contribution in [0.15, 0.2) is 23.6 Å². The Morgan fingerprint density at radius 2 is 1.91 bits per heavy atom. The van der Waals surface area contributed by atoms with Gasteiger partial charge in [0.25, 0.3) is 0 Å². The monoisotopic (exact) mass is 459 g/mol. The third-order valence-corrected chi connectivity index (χ3v) is 7.54. The number of morpholine rings is 1. The Hall–Kier alpha value is -2.16. The van der Waals surface area contributed by atoms with E-state index in [1.807, 2.05) is 23.6 Å². The second-order valence-corrected chi connectivity index (χ2v) is 9.41. The number of amides is 1. The van der Waals surface area contributed by atoms with Crippen molar-refractivity contribution in [2.24, 2.45) is 0 Å². The lowest BCUT2D eigenvalue weighted by molar-refractivity contribution is -0.121. The van der Waals surface area contributed by atoms with Crippen LogP contribution in [0.25, 0.3) is 10.6 Å². The number of ether oxygens (including phenoxy) is 3. The summed E-state index contributed by atoms with van der Waals surface area (Å²) in [5.74, 6) is 1.39. The van der Waals surface area contributed by atoms with Crippen LogP contribution in [-0.4, -0.2) is 68.4 Å². The third kappa shape index (κ3) is 5.24. The minimum absolute atomic E-state index is 0.0346. The van der Waals surface area contributed by atoms with Crippen LogP contribution in [0.5, 0.6) is 11.5 Å². The van der Waals surface area contributed by atoms with Crippen molar-refractivity contribution in [3.05, 3.63) is 29.3 Å². The van der Waals surface area contributed by atoms with E-state index >= 15 is 0 Å². The van der Waals surface area contributed by atoms with Gasteiger partial charge in [-0.2, -0.15) is 0 Å². The Labute approximate surface area is 194 Å². The molecule has 1 N–H and O–H groups in total. The van der Waals surface area contributed by atoms with Crippen LogP contribution in [-0.2, 0) is 16.0 Å². The van der Waals surface area contributed by atoms with Crippen molar-refractivity contribution in [1.82, 2.24) is 15.2 Å². The van der Waals surface area contributed by atoms with Crippen molar-refractivity contribution >= 4 is 17.2 Å². The van der Waals surface area contributed by atoms with Crippen molar-refractivity contribution < 1.29 is 19.0 Å². The number of aromatic nitrogens is 1. The van der Waals surface area contributed by atoms with Crippen molar-refractivity contribution in [2.45, 2.75) is 44.1 Å². The van der Waals surface area contributed by atoms with Crippen molar-refractivity contribution in [2.75, 3.05) is 47.1 Å². The van der Waals surface area contributed by atoms with Gasteiger partial charge >= 0.3 is 0 Å². The first-order chi connectivity index (χ1) is 15.6. The Morgan fingerprint density at radius 3 is 2.62 bits per heavy atom. The summed E-state index contributed by atoms with van der Waals surface area (Å²) in [5, 5.41) is 6.06. The minimum Gasteiger partial charge on any atom is -0.493 e. The van der Waals surface area contributed by atoms with E-state index in [9.17, 15) is 4.79 Å². The average molecular weight is 460 g/mol. The number of rotatable bonds is 8. The third-order valence-electron chi connectivity index (χ3n) is 6.60. The molecular weight excluding hydrogens is 426 g/mol. The van der Waals surface area contributed by atoms with Gasteiger partial charge in [-0.25, -0.2) is 4.98 Å². The van der Waals surface area contributed by atoms with Crippen LogP contribution in [0.1, 0.15) is 37.8 Å². The Kier molecular flexibility index (Phi) is 7.65. The van der Waals surface area contributed by atoms with Crippen molar-refractivity contribution in [3.8, 4) is 22.1 Å². The van der Waals surface area contributed by atoms with E-state index in [1.165, 1.54) is 30.6 Å². The summed E-state index contributed by atoms with van der Waals surface area (Å²) in [5.41, 5.74) is 1.82. The Balaban J connectivity index is 1.37. The maximum atomic E-state index is 12.8. The lowest BCUT2D eigenvalue weighted by atomic mass is 9.79. The molecule has 1 amide bonds. The van der Waals surface area contributed by atoms with Gasteiger partial charge in [0, 0.05) is 36.1 Å². The highest BCUT2D eigenvalue weighted by molar-refractivity contribution is 7.13. The first-order valence-corrected chi connectivity index (χ1v) is 12.3. The van der Waals surface area contributed by atoms with Gasteiger partial charge in [0.15, 0.2) is 11.5 Å². The summed E-state index contributed by atoms with van der Waals surface area (Å²) in [4.78, 5) is 20.0. The van der Waals surface area contributed by atoms with Crippen LogP contribution in [0.2, 0.25) is 0 Å². The first-order valence-electron chi connectivity index (χ1n) is 11.4. The first kappa shape index (κ1) is 23.0. The molecule has 2 aromatic rings. The number of hydrogen-bond donors (Lipinski definition) is 1. The number of hydrogen-bond acceptors (Lipinski definition) is 7. The van der Waals surface area contributed by atoms with E-state index in [-0.39, 0.29) is 11.4 Å². The number of nitrogens with zero attached hydrogens (tertiary/aromatic N) is 2. The zero-order chi connectivity index (χ0) is 22.4. The molecule has 0 radical (unpaired) electrons. The highest BCUT2D eigenvalue weighted by atomic mass is 32.1. The maximum absolute atomic E-state index is 12.8. The quantitative estimate of drug-likeness (QED) is 0.651. The highest BCUT2D eigenvalue weighted by Gasteiger charge is 2.38. The molecule has 0 spiro atoms. The van der Waals surface area contributed by atoms with E-state index in [2.05, 4.69) is 15.2 Å². The number of nitrogens with one attached hydrogen (secondary N) is 1. The molecule has 0 unspecified atom stereocenters. The van der Waals surface area contributed by atoms with Crippen molar-refractivity contribution in [1.29, 1.82) is 0 Å². The number of benzene rings is 1. The van der Waals surface area contributed by atoms with E-state index in [0.717, 1.165) is 55.4 Å². The summed E-state index contributed by atoms with van der Waals surface area (Å²) in [6.07, 6.45) is 6.34. The molecule has 32 heavy (non-hydrogen) atoms. The van der Waals surface area contributed by atoms with E-state index in [0.29, 0.717) is 24.5 Å². The van der Waals surface area contributed by atoms with E-state index in [4.69, 9.17) is 14.2 Å². The summed E-state index contributed by atoms with van der Waals surface area (Å²) in [6, 6.07) is 5.74. The largest absolute Gasteiger partial charge is 0.493 e. The molecule has 1 aliphatic heterocycles. The van der Waals surface area contributed by atoms with Gasteiger partial charge in [-0.15, -0.1) is 11.3 Å². The Morgan fingerprint density at radius 1 is 1.16 bits per heavy atom. The fourth-order valence-electron chi connectivity index (χ4n) is 4.83. The summed E-state index contributed by atoms with van der Waals surface area (Å²) >= 11 is 1.54. The fraction of sp³-hybridized carbons (Fsp3) is 0.583. The predicted molar refractivity (Wildman–Crippen MR) is 126 cm³/mol. The highest BCUT2D eigenvalue weighted by Crippen LogP contribution is 2.35. The Bertz CT molecular complexity index is 904. The average Bonchev–Trinajstić information content (AvgIpc) is 3.32. The van der Waals surface area contributed by atoms with Gasteiger partial charge in [0.2, 0.25) is 5.91 Å². The zero-order valence-electron chi connectivity index (χ0n) is 19.0. The molecule has 2 fully saturated rings. The normalized spacial score (nSPS) is 18.8. The van der Waals surface area contributed by atoms with E-state index in [1.54, 1.807) is 14.2 Å². The molecule has 4 rings (SSSR count). The standard InChI is InChI=1S/C24H33N3O4S/c1-29-20-7-6-18(14-21(20)30-2)23-26-19(16-32-23)15-22(28)25-17-24(8-4-3-5-9-24)27-10-12-31-13-11-27/h6-7,14,16H,3-5,8-13,15,17H2,1-2H3,(H,25,28). The topological polar surface area (TPSA) is 72.9 Å². The van der Waals surface area contributed by atoms with Gasteiger partial charge in [0.05, 0.1) is 39.5 Å². The maximum Gasteiger partial charge on any atom is 0.226 e. The van der Waals surface area contributed by atoms with E-state index < -0.39 is 0 Å². The van der Waals surface area contributed by atoms with Crippen LogP contribution >= 0.6 is 11.3 Å². The van der Waals surface area contributed by atoms with Gasteiger partial charge < -0.3 is 19.5 Å².